The van der Waals surface area contributed by atoms with Crippen molar-refractivity contribution in [3.8, 4) is 28.2 Å². The molecule has 0 saturated heterocycles. The van der Waals surface area contributed by atoms with Gasteiger partial charge in [0.15, 0.2) is 0 Å². The van der Waals surface area contributed by atoms with E-state index in [-0.39, 0.29) is 5.41 Å². The molecule has 0 unspecified atom stereocenters. The molecule has 0 N–H and O–H groups in total. The Balaban J connectivity index is 1.47. The van der Waals surface area contributed by atoms with Gasteiger partial charge in [-0.1, -0.05) is 89.2 Å². The number of benzene rings is 4. The Morgan fingerprint density at radius 2 is 1.46 bits per heavy atom. The van der Waals surface area contributed by atoms with Crippen LogP contribution in [-0.2, 0) is 5.41 Å². The molecule has 3 heteroatoms. The molecule has 37 heavy (non-hydrogen) atoms. The normalized spacial score (nSPS) is 12.2. The number of thiophene rings is 1. The maximum Gasteiger partial charge on any atom is 0.147 e. The van der Waals surface area contributed by atoms with Gasteiger partial charge in [-0.25, -0.2) is 4.98 Å². The van der Waals surface area contributed by atoms with Crippen LogP contribution in [0.1, 0.15) is 51.7 Å². The standard InChI is InChI=1S/C34H32N2S/c1-22(2)25-14-19-32-28(20-25)29(21-37-32)33-35-30-8-6-7-9-31(30)36(33)27-17-12-24(13-18-27)23-10-15-26(16-11-23)34(3,4)5/h6-22H,1-5H3. The lowest BCUT2D eigenvalue weighted by molar-refractivity contribution is 0.590. The molecule has 2 nitrogen and oxygen atoms in total. The predicted octanol–water partition coefficient (Wildman–Crippen LogP) is 10.00. The number of nitrogens with zero attached hydrogens (tertiary/aromatic N) is 2. The second kappa shape index (κ2) is 9.00. The first-order chi connectivity index (χ1) is 17.8. The minimum atomic E-state index is 0.156. The van der Waals surface area contributed by atoms with E-state index in [2.05, 4.69) is 136 Å². The average Bonchev–Trinajstić information content (AvgIpc) is 3.49. The van der Waals surface area contributed by atoms with Crippen LogP contribution in [0.2, 0.25) is 0 Å². The summed E-state index contributed by atoms with van der Waals surface area (Å²) in [7, 11) is 0. The van der Waals surface area contributed by atoms with Gasteiger partial charge in [0, 0.05) is 26.7 Å². The highest BCUT2D eigenvalue weighted by Gasteiger charge is 2.18. The molecule has 0 aliphatic rings. The van der Waals surface area contributed by atoms with Gasteiger partial charge >= 0.3 is 0 Å². The van der Waals surface area contributed by atoms with Crippen molar-refractivity contribution in [1.29, 1.82) is 0 Å². The highest BCUT2D eigenvalue weighted by atomic mass is 32.1. The third-order valence-electron chi connectivity index (χ3n) is 7.28. The second-order valence-corrected chi connectivity index (χ2v) is 12.1. The van der Waals surface area contributed by atoms with Crippen molar-refractivity contribution in [2.75, 3.05) is 0 Å². The molecule has 0 fully saturated rings. The van der Waals surface area contributed by atoms with Gasteiger partial charge in [0.2, 0.25) is 0 Å². The van der Waals surface area contributed by atoms with Crippen molar-refractivity contribution in [2.45, 2.75) is 46.0 Å². The van der Waals surface area contributed by atoms with Gasteiger partial charge in [0.25, 0.3) is 0 Å². The summed E-state index contributed by atoms with van der Waals surface area (Å²) in [5, 5.41) is 3.54. The fourth-order valence-corrected chi connectivity index (χ4v) is 5.93. The first-order valence-electron chi connectivity index (χ1n) is 13.0. The molecule has 0 radical (unpaired) electrons. The Labute approximate surface area is 223 Å². The molecule has 0 spiro atoms. The Hall–Kier alpha value is -3.69. The minimum absolute atomic E-state index is 0.156. The Morgan fingerprint density at radius 3 is 2.14 bits per heavy atom. The van der Waals surface area contributed by atoms with Gasteiger partial charge in [-0.2, -0.15) is 0 Å². The summed E-state index contributed by atoms with van der Waals surface area (Å²) >= 11 is 1.79. The average molecular weight is 501 g/mol. The first kappa shape index (κ1) is 23.7. The van der Waals surface area contributed by atoms with E-state index in [1.807, 2.05) is 0 Å². The van der Waals surface area contributed by atoms with E-state index in [0.717, 1.165) is 22.5 Å². The highest BCUT2D eigenvalue weighted by Crippen LogP contribution is 2.38. The molecule has 6 aromatic rings. The summed E-state index contributed by atoms with van der Waals surface area (Å²) in [5.41, 5.74) is 9.78. The topological polar surface area (TPSA) is 17.8 Å². The molecule has 184 valence electrons. The Bertz CT molecular complexity index is 1710. The summed E-state index contributed by atoms with van der Waals surface area (Å²) in [5.74, 6) is 1.48. The van der Waals surface area contributed by atoms with Crippen LogP contribution in [0.25, 0.3) is 49.3 Å². The molecule has 0 atom stereocenters. The summed E-state index contributed by atoms with van der Waals surface area (Å²) in [4.78, 5) is 5.14. The van der Waals surface area contributed by atoms with Gasteiger partial charge in [-0.15, -0.1) is 11.3 Å². The Morgan fingerprint density at radius 1 is 0.784 bits per heavy atom. The highest BCUT2D eigenvalue weighted by molar-refractivity contribution is 7.17. The lowest BCUT2D eigenvalue weighted by Crippen LogP contribution is -2.10. The summed E-state index contributed by atoms with van der Waals surface area (Å²) in [6.45, 7) is 11.3. The summed E-state index contributed by atoms with van der Waals surface area (Å²) in [6.07, 6.45) is 0. The summed E-state index contributed by atoms with van der Waals surface area (Å²) in [6, 6.07) is 33.1. The molecule has 0 saturated carbocycles. The van der Waals surface area contributed by atoms with E-state index >= 15 is 0 Å². The first-order valence-corrected chi connectivity index (χ1v) is 13.9. The number of fused-ring (bicyclic) bond motifs is 2. The van der Waals surface area contributed by atoms with E-state index in [9.17, 15) is 0 Å². The molecule has 6 rings (SSSR count). The summed E-state index contributed by atoms with van der Waals surface area (Å²) < 4.78 is 3.61. The molecular weight excluding hydrogens is 468 g/mol. The van der Waals surface area contributed by atoms with Gasteiger partial charge in [0.05, 0.1) is 11.0 Å². The van der Waals surface area contributed by atoms with Crippen LogP contribution in [0.4, 0.5) is 0 Å². The third kappa shape index (κ3) is 4.28. The van der Waals surface area contributed by atoms with E-state index < -0.39 is 0 Å². The van der Waals surface area contributed by atoms with Crippen molar-refractivity contribution in [3.63, 3.8) is 0 Å². The van der Waals surface area contributed by atoms with Crippen LogP contribution in [0.3, 0.4) is 0 Å². The fourth-order valence-electron chi connectivity index (χ4n) is 5.01. The van der Waals surface area contributed by atoms with Crippen LogP contribution in [-0.4, -0.2) is 9.55 Å². The maximum atomic E-state index is 5.14. The van der Waals surface area contributed by atoms with Crippen molar-refractivity contribution in [1.82, 2.24) is 9.55 Å². The van der Waals surface area contributed by atoms with Crippen molar-refractivity contribution < 1.29 is 0 Å². The van der Waals surface area contributed by atoms with Crippen LogP contribution < -0.4 is 0 Å². The molecule has 0 bridgehead atoms. The van der Waals surface area contributed by atoms with Gasteiger partial charge in [-0.05, 0) is 70.0 Å². The molecule has 4 aromatic carbocycles. The number of para-hydroxylation sites is 2. The predicted molar refractivity (Wildman–Crippen MR) is 160 cm³/mol. The monoisotopic (exact) mass is 500 g/mol. The maximum absolute atomic E-state index is 5.14. The van der Waals surface area contributed by atoms with Gasteiger partial charge in [-0.3, -0.25) is 4.57 Å². The molecule has 2 aromatic heterocycles. The number of hydrogen-bond acceptors (Lipinski definition) is 2. The smallest absolute Gasteiger partial charge is 0.147 e. The number of imidazole rings is 1. The van der Waals surface area contributed by atoms with E-state index in [4.69, 9.17) is 4.98 Å². The zero-order valence-electron chi connectivity index (χ0n) is 22.1. The zero-order valence-corrected chi connectivity index (χ0v) is 22.9. The van der Waals surface area contributed by atoms with Crippen LogP contribution in [0.5, 0.6) is 0 Å². The molecule has 0 aliphatic carbocycles. The van der Waals surface area contributed by atoms with Gasteiger partial charge in [0.1, 0.15) is 5.82 Å². The largest absolute Gasteiger partial charge is 0.292 e. The van der Waals surface area contributed by atoms with Gasteiger partial charge < -0.3 is 0 Å². The van der Waals surface area contributed by atoms with Crippen molar-refractivity contribution in [3.05, 3.63) is 108 Å². The Kier molecular flexibility index (Phi) is 5.77. The number of rotatable bonds is 4. The second-order valence-electron chi connectivity index (χ2n) is 11.2. The zero-order chi connectivity index (χ0) is 25.7. The van der Waals surface area contributed by atoms with E-state index in [1.54, 1.807) is 11.3 Å². The van der Waals surface area contributed by atoms with Crippen molar-refractivity contribution >= 4 is 32.5 Å². The van der Waals surface area contributed by atoms with Crippen LogP contribution in [0.15, 0.2) is 96.4 Å². The van der Waals surface area contributed by atoms with Crippen molar-refractivity contribution in [2.24, 2.45) is 0 Å². The lowest BCUT2D eigenvalue weighted by atomic mass is 9.86. The molecular formula is C34H32N2S. The molecule has 0 aliphatic heterocycles. The van der Waals surface area contributed by atoms with Crippen LogP contribution in [0, 0.1) is 0 Å². The van der Waals surface area contributed by atoms with E-state index in [0.29, 0.717) is 5.92 Å². The third-order valence-corrected chi connectivity index (χ3v) is 8.24. The quantitative estimate of drug-likeness (QED) is 0.235. The molecule has 2 heterocycles. The molecule has 0 amide bonds. The lowest BCUT2D eigenvalue weighted by Gasteiger charge is -2.19. The number of aromatic nitrogens is 2. The van der Waals surface area contributed by atoms with Crippen LogP contribution >= 0.6 is 11.3 Å². The van der Waals surface area contributed by atoms with E-state index in [1.165, 1.54) is 37.9 Å². The SMILES string of the molecule is CC(C)c1ccc2scc(-c3nc4ccccc4n3-c3ccc(-c4ccc(C(C)(C)C)cc4)cc3)c2c1. The fraction of sp³-hybridized carbons (Fsp3) is 0.206. The minimum Gasteiger partial charge on any atom is -0.292 e. The number of hydrogen-bond donors (Lipinski definition) is 0.